The van der Waals surface area contributed by atoms with Gasteiger partial charge in [-0.25, -0.2) is 0 Å². The molecule has 0 spiro atoms. The number of carbonyl (C=O) groups is 1. The molecular formula is C17H25N3O4. The molecule has 7 heteroatoms. The number of hydrogen-bond donors (Lipinski definition) is 1. The molecule has 1 aromatic carbocycles. The summed E-state index contributed by atoms with van der Waals surface area (Å²) < 4.78 is 5.69. The third-order valence-corrected chi connectivity index (χ3v) is 4.00. The van der Waals surface area contributed by atoms with Gasteiger partial charge < -0.3 is 10.1 Å². The van der Waals surface area contributed by atoms with Gasteiger partial charge in [-0.05, 0) is 18.9 Å². The summed E-state index contributed by atoms with van der Waals surface area (Å²) in [4.78, 5) is 25.1. The highest BCUT2D eigenvalue weighted by Gasteiger charge is 2.22. The Labute approximate surface area is 142 Å². The second-order valence-corrected chi connectivity index (χ2v) is 6.61. The van der Waals surface area contributed by atoms with Gasteiger partial charge in [0.15, 0.2) is 0 Å². The zero-order valence-corrected chi connectivity index (χ0v) is 14.4. The summed E-state index contributed by atoms with van der Waals surface area (Å²) in [7, 11) is 0. The Morgan fingerprint density at radius 3 is 2.92 bits per heavy atom. The van der Waals surface area contributed by atoms with E-state index in [2.05, 4.69) is 24.1 Å². The minimum absolute atomic E-state index is 0.0420. The van der Waals surface area contributed by atoms with Crippen molar-refractivity contribution in [2.45, 2.75) is 26.9 Å². The van der Waals surface area contributed by atoms with E-state index >= 15 is 0 Å². The van der Waals surface area contributed by atoms with E-state index in [1.165, 1.54) is 6.07 Å². The van der Waals surface area contributed by atoms with Crippen LogP contribution < -0.4 is 5.32 Å². The van der Waals surface area contributed by atoms with E-state index in [1.807, 2.05) is 0 Å². The highest BCUT2D eigenvalue weighted by molar-refractivity contribution is 5.95. The van der Waals surface area contributed by atoms with Crippen molar-refractivity contribution in [2.24, 2.45) is 5.92 Å². The van der Waals surface area contributed by atoms with E-state index in [1.54, 1.807) is 19.1 Å². The molecule has 0 aliphatic carbocycles. The molecule has 1 aliphatic rings. The van der Waals surface area contributed by atoms with Crippen molar-refractivity contribution in [3.8, 4) is 0 Å². The molecule has 1 heterocycles. The van der Waals surface area contributed by atoms with E-state index in [0.29, 0.717) is 30.2 Å². The van der Waals surface area contributed by atoms with Gasteiger partial charge >= 0.3 is 0 Å². The number of nitrogens with zero attached hydrogens (tertiary/aromatic N) is 2. The fourth-order valence-electron chi connectivity index (χ4n) is 2.84. The number of amides is 1. The number of nitrogens with one attached hydrogen (secondary N) is 1. The van der Waals surface area contributed by atoms with Crippen molar-refractivity contribution < 1.29 is 14.5 Å². The zero-order valence-electron chi connectivity index (χ0n) is 14.4. The van der Waals surface area contributed by atoms with Crippen molar-refractivity contribution in [2.75, 3.05) is 32.8 Å². The first-order chi connectivity index (χ1) is 11.4. The monoisotopic (exact) mass is 335 g/mol. The van der Waals surface area contributed by atoms with Crippen molar-refractivity contribution in [3.63, 3.8) is 0 Å². The number of ether oxygens (including phenoxy) is 1. The normalized spacial score (nSPS) is 18.6. The molecule has 0 aromatic heterocycles. The van der Waals surface area contributed by atoms with Crippen LogP contribution in [-0.2, 0) is 4.74 Å². The van der Waals surface area contributed by atoms with Crippen molar-refractivity contribution in [1.29, 1.82) is 0 Å². The van der Waals surface area contributed by atoms with Gasteiger partial charge in [0.25, 0.3) is 11.6 Å². The number of nitro groups is 1. The van der Waals surface area contributed by atoms with Gasteiger partial charge in [-0.1, -0.05) is 19.9 Å². The molecule has 1 amide bonds. The summed E-state index contributed by atoms with van der Waals surface area (Å²) in [5, 5.41) is 13.8. The van der Waals surface area contributed by atoms with Crippen LogP contribution in [0.5, 0.6) is 0 Å². The van der Waals surface area contributed by atoms with Gasteiger partial charge in [-0.15, -0.1) is 0 Å². The molecule has 1 aromatic rings. The first kappa shape index (κ1) is 18.4. The molecule has 7 nitrogen and oxygen atoms in total. The first-order valence-electron chi connectivity index (χ1n) is 8.24. The number of carbonyl (C=O) groups excluding carboxylic acids is 1. The van der Waals surface area contributed by atoms with Crippen LogP contribution in [0.4, 0.5) is 5.69 Å². The number of aryl methyl sites for hydroxylation is 1. The molecule has 0 radical (unpaired) electrons. The highest BCUT2D eigenvalue weighted by Crippen LogP contribution is 2.19. The van der Waals surface area contributed by atoms with Crippen LogP contribution in [0.15, 0.2) is 18.2 Å². The van der Waals surface area contributed by atoms with E-state index in [-0.39, 0.29) is 17.7 Å². The largest absolute Gasteiger partial charge is 0.374 e. The maximum absolute atomic E-state index is 12.2. The molecule has 132 valence electrons. The summed E-state index contributed by atoms with van der Waals surface area (Å²) in [6.45, 7) is 9.77. The maximum atomic E-state index is 12.2. The van der Waals surface area contributed by atoms with Crippen LogP contribution in [0, 0.1) is 23.0 Å². The molecule has 1 saturated heterocycles. The Kier molecular flexibility index (Phi) is 6.28. The summed E-state index contributed by atoms with van der Waals surface area (Å²) in [5.41, 5.74) is 0.790. The van der Waals surface area contributed by atoms with Gasteiger partial charge in [0.2, 0.25) is 0 Å². The van der Waals surface area contributed by atoms with Gasteiger partial charge in [-0.2, -0.15) is 0 Å². The van der Waals surface area contributed by atoms with E-state index in [9.17, 15) is 14.9 Å². The topological polar surface area (TPSA) is 84.7 Å². The molecule has 1 N–H and O–H groups in total. The highest BCUT2D eigenvalue weighted by atomic mass is 16.6. The Balaban J connectivity index is 1.91. The zero-order chi connectivity index (χ0) is 17.7. The lowest BCUT2D eigenvalue weighted by Crippen LogP contribution is -2.48. The van der Waals surface area contributed by atoms with Crippen LogP contribution in [0.3, 0.4) is 0 Å². The minimum Gasteiger partial charge on any atom is -0.374 e. The predicted octanol–water partition coefficient (Wildman–Crippen LogP) is 1.99. The lowest BCUT2D eigenvalue weighted by Gasteiger charge is -2.33. The summed E-state index contributed by atoms with van der Waals surface area (Å²) in [5.74, 6) is 0.272. The molecule has 1 aliphatic heterocycles. The van der Waals surface area contributed by atoms with Crippen LogP contribution in [0.25, 0.3) is 0 Å². The molecule has 2 rings (SSSR count). The second-order valence-electron chi connectivity index (χ2n) is 6.61. The molecule has 1 fully saturated rings. The van der Waals surface area contributed by atoms with Crippen molar-refractivity contribution in [1.82, 2.24) is 10.2 Å². The van der Waals surface area contributed by atoms with Gasteiger partial charge in [0, 0.05) is 43.4 Å². The Hall–Kier alpha value is -1.99. The number of hydrogen-bond acceptors (Lipinski definition) is 5. The Morgan fingerprint density at radius 2 is 2.25 bits per heavy atom. The van der Waals surface area contributed by atoms with Crippen LogP contribution in [-0.4, -0.2) is 54.6 Å². The lowest BCUT2D eigenvalue weighted by atomic mass is 10.1. The second kappa shape index (κ2) is 8.21. The van der Waals surface area contributed by atoms with E-state index < -0.39 is 4.92 Å². The van der Waals surface area contributed by atoms with Gasteiger partial charge in [0.1, 0.15) is 0 Å². The molecule has 1 unspecified atom stereocenters. The molecule has 1 atom stereocenters. The smallest absolute Gasteiger partial charge is 0.273 e. The average Bonchev–Trinajstić information content (AvgIpc) is 2.52. The summed E-state index contributed by atoms with van der Waals surface area (Å²) >= 11 is 0. The summed E-state index contributed by atoms with van der Waals surface area (Å²) in [6.07, 6.45) is -0.0538. The molecule has 0 bridgehead atoms. The van der Waals surface area contributed by atoms with Crippen LogP contribution in [0.1, 0.15) is 29.8 Å². The fourth-order valence-corrected chi connectivity index (χ4v) is 2.84. The predicted molar refractivity (Wildman–Crippen MR) is 91.2 cm³/mol. The fraction of sp³-hybridized carbons (Fsp3) is 0.588. The average molecular weight is 335 g/mol. The SMILES string of the molecule is Cc1ccc(C(=O)NCC2CN(CC(C)C)CCO2)cc1[N+](=O)[O-]. The van der Waals surface area contributed by atoms with Crippen molar-refractivity contribution >= 4 is 11.6 Å². The number of morpholine rings is 1. The lowest BCUT2D eigenvalue weighted by molar-refractivity contribution is -0.385. The van der Waals surface area contributed by atoms with Crippen LogP contribution >= 0.6 is 0 Å². The third-order valence-electron chi connectivity index (χ3n) is 4.00. The van der Waals surface area contributed by atoms with Gasteiger partial charge in [-0.3, -0.25) is 19.8 Å². The Bertz CT molecular complexity index is 603. The third kappa shape index (κ3) is 5.01. The number of benzene rings is 1. The molecule has 24 heavy (non-hydrogen) atoms. The first-order valence-corrected chi connectivity index (χ1v) is 8.24. The maximum Gasteiger partial charge on any atom is 0.273 e. The van der Waals surface area contributed by atoms with E-state index in [4.69, 9.17) is 4.74 Å². The molecular weight excluding hydrogens is 310 g/mol. The standard InChI is InChI=1S/C17H25N3O4/c1-12(2)10-19-6-7-24-15(11-19)9-18-17(21)14-5-4-13(3)16(8-14)20(22)23/h4-5,8,12,15H,6-7,9-11H2,1-3H3,(H,18,21). The molecule has 0 saturated carbocycles. The minimum atomic E-state index is -0.472. The quantitative estimate of drug-likeness (QED) is 0.635. The van der Waals surface area contributed by atoms with Crippen LogP contribution in [0.2, 0.25) is 0 Å². The van der Waals surface area contributed by atoms with Crippen molar-refractivity contribution in [3.05, 3.63) is 39.4 Å². The van der Waals surface area contributed by atoms with E-state index in [0.717, 1.165) is 19.6 Å². The number of rotatable bonds is 6. The summed E-state index contributed by atoms with van der Waals surface area (Å²) in [6, 6.07) is 4.51. The number of nitro benzene ring substituents is 1. The van der Waals surface area contributed by atoms with Gasteiger partial charge in [0.05, 0.1) is 17.6 Å². The Morgan fingerprint density at radius 1 is 1.50 bits per heavy atom.